The number of aliphatic hydroxyl groups excluding tert-OH is 1. The first-order valence-electron chi connectivity index (χ1n) is 12.6. The van der Waals surface area contributed by atoms with Crippen LogP contribution in [0.4, 0.5) is 18.2 Å². The number of piperazine rings is 1. The van der Waals surface area contributed by atoms with E-state index >= 15 is 0 Å². The lowest BCUT2D eigenvalue weighted by molar-refractivity contribution is -0.137. The fourth-order valence-corrected chi connectivity index (χ4v) is 5.93. The Morgan fingerprint density at radius 3 is 2.77 bits per heavy atom. The summed E-state index contributed by atoms with van der Waals surface area (Å²) in [6, 6.07) is 8.48. The van der Waals surface area contributed by atoms with Crippen LogP contribution in [0, 0.1) is 0 Å². The van der Waals surface area contributed by atoms with Gasteiger partial charge < -0.3 is 24.5 Å². The van der Waals surface area contributed by atoms with Gasteiger partial charge in [0.05, 0.1) is 23.5 Å². The van der Waals surface area contributed by atoms with Crippen molar-refractivity contribution in [1.29, 1.82) is 0 Å². The first-order valence-corrected chi connectivity index (χ1v) is 13.5. The third kappa shape index (κ3) is 4.77. The first-order chi connectivity index (χ1) is 19.1. The maximum atomic E-state index is 13.8. The number of benzene rings is 1. The molecule has 5 heterocycles. The summed E-state index contributed by atoms with van der Waals surface area (Å²) in [6.45, 7) is 4.56. The van der Waals surface area contributed by atoms with E-state index in [-0.39, 0.29) is 30.0 Å². The average Bonchev–Trinajstić information content (AvgIpc) is 3.64. The number of H-pyrrole nitrogens is 1. The highest BCUT2D eigenvalue weighted by Crippen LogP contribution is 2.43. The molecule has 1 amide bonds. The van der Waals surface area contributed by atoms with E-state index in [1.807, 2.05) is 17.9 Å². The van der Waals surface area contributed by atoms with Crippen molar-refractivity contribution >= 4 is 44.4 Å². The molecule has 2 atom stereocenters. The smallest absolute Gasteiger partial charge is 0.389 e. The highest BCUT2D eigenvalue weighted by molar-refractivity contribution is 7.16. The van der Waals surface area contributed by atoms with Crippen LogP contribution >= 0.6 is 11.3 Å². The molecule has 40 heavy (non-hydrogen) atoms. The van der Waals surface area contributed by atoms with Crippen LogP contribution in [-0.2, 0) is 17.5 Å². The van der Waals surface area contributed by atoms with E-state index in [4.69, 9.17) is 0 Å². The second-order valence-electron chi connectivity index (χ2n) is 9.81. The van der Waals surface area contributed by atoms with Gasteiger partial charge in [-0.2, -0.15) is 13.2 Å². The summed E-state index contributed by atoms with van der Waals surface area (Å²) in [6.07, 6.45) is -2.10. The molecule has 6 rings (SSSR count). The van der Waals surface area contributed by atoms with Gasteiger partial charge in [0, 0.05) is 31.9 Å². The Labute approximate surface area is 230 Å². The number of nitrogens with one attached hydrogen (secondary N) is 1. The van der Waals surface area contributed by atoms with E-state index in [2.05, 4.69) is 24.9 Å². The quantitative estimate of drug-likeness (QED) is 0.325. The molecule has 0 aliphatic carbocycles. The maximum Gasteiger partial charge on any atom is 0.443 e. The predicted molar refractivity (Wildman–Crippen MR) is 144 cm³/mol. The van der Waals surface area contributed by atoms with Crippen LogP contribution in [0.2, 0.25) is 0 Å². The number of aromatic amines is 1. The summed E-state index contributed by atoms with van der Waals surface area (Å²) >= 11 is 0.568. The van der Waals surface area contributed by atoms with Gasteiger partial charge >= 0.3 is 6.18 Å². The van der Waals surface area contributed by atoms with Crippen LogP contribution in [0.5, 0.6) is 0 Å². The molecule has 0 radical (unpaired) electrons. The zero-order chi connectivity index (χ0) is 28.2. The normalized spacial score (nSPS) is 17.2. The number of halogens is 3. The van der Waals surface area contributed by atoms with Gasteiger partial charge in [-0.15, -0.1) is 0 Å². The van der Waals surface area contributed by atoms with E-state index in [0.29, 0.717) is 63.7 Å². The van der Waals surface area contributed by atoms with Crippen LogP contribution in [0.3, 0.4) is 0 Å². The minimum Gasteiger partial charge on any atom is -0.389 e. The van der Waals surface area contributed by atoms with Gasteiger partial charge in [-0.25, -0.2) is 19.9 Å². The molecule has 0 saturated carbocycles. The number of carbonyl (C=O) groups excluding carboxylic acids is 1. The summed E-state index contributed by atoms with van der Waals surface area (Å²) in [5.74, 6) is 0.0916. The number of aromatic nitrogens is 6. The molecular weight excluding hydrogens is 545 g/mol. The largest absolute Gasteiger partial charge is 0.443 e. The first kappa shape index (κ1) is 26.2. The Kier molecular flexibility index (Phi) is 6.45. The van der Waals surface area contributed by atoms with Gasteiger partial charge in [-0.3, -0.25) is 4.79 Å². The second kappa shape index (κ2) is 9.86. The topological polar surface area (TPSA) is 116 Å². The zero-order valence-electron chi connectivity index (χ0n) is 21.6. The third-order valence-corrected chi connectivity index (χ3v) is 8.14. The van der Waals surface area contributed by atoms with E-state index in [1.54, 1.807) is 53.2 Å². The molecule has 2 N–H and O–H groups in total. The molecule has 1 aliphatic heterocycles. The van der Waals surface area contributed by atoms with Gasteiger partial charge in [0.1, 0.15) is 22.8 Å². The lowest BCUT2D eigenvalue weighted by Gasteiger charge is -2.40. The number of pyridine rings is 1. The highest BCUT2D eigenvalue weighted by Gasteiger charge is 2.39. The Hall–Kier alpha value is -4.04. The fraction of sp³-hybridized carbons (Fsp3) is 0.346. The number of alkyl halides is 3. The Morgan fingerprint density at radius 1 is 1.20 bits per heavy atom. The monoisotopic (exact) mass is 570 g/mol. The number of thiazole rings is 1. The van der Waals surface area contributed by atoms with Crippen molar-refractivity contribution in [2.45, 2.75) is 38.7 Å². The number of nitrogens with zero attached hydrogens (tertiary/aromatic N) is 7. The minimum atomic E-state index is -4.62. The summed E-state index contributed by atoms with van der Waals surface area (Å²) < 4.78 is 42.9. The van der Waals surface area contributed by atoms with E-state index < -0.39 is 17.3 Å². The minimum absolute atomic E-state index is 0.0648. The van der Waals surface area contributed by atoms with E-state index in [0.717, 1.165) is 0 Å². The number of rotatable bonds is 5. The van der Waals surface area contributed by atoms with Crippen molar-refractivity contribution in [3.05, 3.63) is 53.4 Å². The molecule has 1 unspecified atom stereocenters. The van der Waals surface area contributed by atoms with Gasteiger partial charge in [-0.1, -0.05) is 17.4 Å². The van der Waals surface area contributed by atoms with Gasteiger partial charge in [0.15, 0.2) is 11.5 Å². The van der Waals surface area contributed by atoms with Crippen molar-refractivity contribution < 1.29 is 23.1 Å². The lowest BCUT2D eigenvalue weighted by Crippen LogP contribution is -2.54. The standard InChI is InChI=1S/C26H25F3N8O2S/c1-14-11-35(8-9-37(14)20(39)12-36-13-31-18-4-3-7-30-23(18)36)24-21(34-25(40-24)26(27,28)29)22-32-17-6-5-16(15(2)38)10-19(17)33-22/h3-7,10,13-15,38H,8-9,11-12H2,1-2H3,(H,32,33)/t14-,15?/m1/s1. The van der Waals surface area contributed by atoms with Gasteiger partial charge in [0.25, 0.3) is 0 Å². The van der Waals surface area contributed by atoms with Crippen molar-refractivity contribution in [3.8, 4) is 11.5 Å². The molecule has 1 aliphatic rings. The Morgan fingerprint density at radius 2 is 2.02 bits per heavy atom. The summed E-state index contributed by atoms with van der Waals surface area (Å²) in [4.78, 5) is 36.9. The van der Waals surface area contributed by atoms with Crippen LogP contribution in [0.1, 0.15) is 30.5 Å². The van der Waals surface area contributed by atoms with E-state index in [9.17, 15) is 23.1 Å². The number of carbonyl (C=O) groups is 1. The van der Waals surface area contributed by atoms with Crippen molar-refractivity contribution in [3.63, 3.8) is 0 Å². The predicted octanol–water partition coefficient (Wildman–Crippen LogP) is 4.24. The fourth-order valence-electron chi connectivity index (χ4n) is 4.96. The molecular formula is C26H25F3N8O2S. The number of hydrogen-bond donors (Lipinski definition) is 2. The number of aliphatic hydroxyl groups is 1. The van der Waals surface area contributed by atoms with Gasteiger partial charge in [-0.05, 0) is 43.7 Å². The summed E-state index contributed by atoms with van der Waals surface area (Å²) in [5.41, 5.74) is 3.21. The molecule has 4 aromatic heterocycles. The molecule has 5 aromatic rings. The van der Waals surface area contributed by atoms with Crippen LogP contribution in [-0.4, -0.2) is 71.1 Å². The third-order valence-electron chi connectivity index (χ3n) is 6.98. The summed E-state index contributed by atoms with van der Waals surface area (Å²) in [5, 5.41) is 9.28. The molecule has 1 fully saturated rings. The van der Waals surface area contributed by atoms with Crippen LogP contribution in [0.25, 0.3) is 33.7 Å². The lowest BCUT2D eigenvalue weighted by atomic mass is 10.1. The average molecular weight is 571 g/mol. The van der Waals surface area contributed by atoms with Crippen molar-refractivity contribution in [2.24, 2.45) is 0 Å². The van der Waals surface area contributed by atoms with Crippen molar-refractivity contribution in [1.82, 2.24) is 34.4 Å². The molecule has 0 bridgehead atoms. The SMILES string of the molecule is CC(O)c1ccc2nc(-c3nc(C(F)(F)F)sc3N3CCN(C(=O)Cn4cnc5cccnc54)[C@H](C)C3)[nH]c2c1. The Balaban J connectivity index is 1.26. The Bertz CT molecular complexity index is 1710. The number of fused-ring (bicyclic) bond motifs is 2. The maximum absolute atomic E-state index is 13.8. The molecule has 0 spiro atoms. The molecule has 10 nitrogen and oxygen atoms in total. The van der Waals surface area contributed by atoms with Crippen LogP contribution < -0.4 is 4.90 Å². The second-order valence-corrected chi connectivity index (χ2v) is 10.8. The molecule has 1 aromatic carbocycles. The number of hydrogen-bond acceptors (Lipinski definition) is 8. The zero-order valence-corrected chi connectivity index (χ0v) is 22.4. The van der Waals surface area contributed by atoms with Crippen molar-refractivity contribution in [2.75, 3.05) is 24.5 Å². The number of amides is 1. The van der Waals surface area contributed by atoms with Gasteiger partial charge in [0.2, 0.25) is 10.9 Å². The number of imidazole rings is 2. The van der Waals surface area contributed by atoms with Crippen LogP contribution in [0.15, 0.2) is 42.9 Å². The van der Waals surface area contributed by atoms with E-state index in [1.165, 1.54) is 0 Å². The number of anilines is 1. The molecule has 14 heteroatoms. The highest BCUT2D eigenvalue weighted by atomic mass is 32.1. The molecule has 1 saturated heterocycles. The molecule has 208 valence electrons. The summed E-state index contributed by atoms with van der Waals surface area (Å²) in [7, 11) is 0.